The molecular formula is C54H33N9O3. The molecule has 6 heterocycles. The number of hydrogen-bond donors (Lipinski definition) is 0. The average molecular weight is 856 g/mol. The fourth-order valence-corrected chi connectivity index (χ4v) is 9.23. The maximum absolute atomic E-state index is 6.72. The molecule has 3 aromatic heterocycles. The van der Waals surface area contributed by atoms with Crippen molar-refractivity contribution in [3.8, 4) is 68.3 Å². The summed E-state index contributed by atoms with van der Waals surface area (Å²) in [6.07, 6.45) is 15.6. The zero-order valence-corrected chi connectivity index (χ0v) is 34.8. The lowest BCUT2D eigenvalue weighted by molar-refractivity contribution is 0.477. The van der Waals surface area contributed by atoms with E-state index in [4.69, 9.17) is 44.1 Å². The number of hydrogen-bond acceptors (Lipinski definition) is 12. The highest BCUT2D eigenvalue weighted by molar-refractivity contribution is 6.18. The van der Waals surface area contributed by atoms with Gasteiger partial charge >= 0.3 is 0 Å². The van der Waals surface area contributed by atoms with E-state index in [-0.39, 0.29) is 0 Å². The van der Waals surface area contributed by atoms with Crippen LogP contribution in [0.5, 0.6) is 34.5 Å². The molecule has 66 heavy (non-hydrogen) atoms. The van der Waals surface area contributed by atoms with Crippen LogP contribution in [-0.2, 0) is 0 Å². The number of anilines is 9. The van der Waals surface area contributed by atoms with E-state index in [0.717, 1.165) is 51.2 Å². The summed E-state index contributed by atoms with van der Waals surface area (Å²) in [5.74, 6) is 3.98. The standard InChI is InChI=1S/C54H33N9O3/c1-7-19-43-37(13-1)61(38-14-2-8-20-44(38)64-43)52-49(34-31-55-25-28-58-34)53(62-39-15-3-9-21-45(39)65-46-22-10-4-16-40(46)62)51(36-33-57-27-30-60-36)54(50(52)35-32-56-26-29-59-35)63-41-17-5-11-23-47(41)66-48-24-12-6-18-42(48)63/h1-33H. The first-order valence-electron chi connectivity index (χ1n) is 21.3. The summed E-state index contributed by atoms with van der Waals surface area (Å²) in [4.78, 5) is 36.6. The molecule has 0 saturated heterocycles. The second-order valence-corrected chi connectivity index (χ2v) is 15.6. The zero-order valence-electron chi connectivity index (χ0n) is 34.8. The number of ether oxygens (including phenoxy) is 3. The van der Waals surface area contributed by atoms with Crippen molar-refractivity contribution in [1.82, 2.24) is 29.9 Å². The molecule has 0 atom stereocenters. The molecule has 3 aliphatic heterocycles. The molecule has 0 saturated carbocycles. The van der Waals surface area contributed by atoms with E-state index < -0.39 is 0 Å². The Morgan fingerprint density at radius 1 is 0.273 bits per heavy atom. The molecule has 7 aromatic carbocycles. The monoisotopic (exact) mass is 855 g/mol. The summed E-state index contributed by atoms with van der Waals surface area (Å²) in [7, 11) is 0. The predicted molar refractivity (Wildman–Crippen MR) is 254 cm³/mol. The Balaban J connectivity index is 1.34. The highest BCUT2D eigenvalue weighted by Gasteiger charge is 2.42. The van der Waals surface area contributed by atoms with Crippen LogP contribution >= 0.6 is 0 Å². The van der Waals surface area contributed by atoms with Crippen LogP contribution in [0.25, 0.3) is 33.8 Å². The molecule has 0 N–H and O–H groups in total. The second-order valence-electron chi connectivity index (χ2n) is 15.6. The van der Waals surface area contributed by atoms with E-state index in [1.165, 1.54) is 0 Å². The third-order valence-corrected chi connectivity index (χ3v) is 11.8. The van der Waals surface area contributed by atoms with Gasteiger partial charge in [-0.3, -0.25) is 29.9 Å². The van der Waals surface area contributed by atoms with Crippen molar-refractivity contribution >= 4 is 51.2 Å². The van der Waals surface area contributed by atoms with Crippen LogP contribution in [-0.4, -0.2) is 29.9 Å². The molecule has 0 fully saturated rings. The fraction of sp³-hybridized carbons (Fsp3) is 0. The lowest BCUT2D eigenvalue weighted by Gasteiger charge is -2.42. The minimum atomic E-state index is 0.579. The Hall–Kier alpha value is -9.42. The van der Waals surface area contributed by atoms with Crippen LogP contribution < -0.4 is 28.9 Å². The van der Waals surface area contributed by atoms with Crippen molar-refractivity contribution in [2.24, 2.45) is 0 Å². The molecule has 10 aromatic rings. The van der Waals surface area contributed by atoms with E-state index in [1.807, 2.05) is 109 Å². The van der Waals surface area contributed by atoms with Gasteiger partial charge < -0.3 is 28.9 Å². The summed E-state index contributed by atoms with van der Waals surface area (Å²) < 4.78 is 20.2. The van der Waals surface area contributed by atoms with Gasteiger partial charge in [-0.05, 0) is 72.8 Å². The van der Waals surface area contributed by atoms with Gasteiger partial charge in [-0.15, -0.1) is 0 Å². The smallest absolute Gasteiger partial charge is 0.151 e. The lowest BCUT2D eigenvalue weighted by atomic mass is 9.87. The van der Waals surface area contributed by atoms with Gasteiger partial charge in [-0.2, -0.15) is 0 Å². The van der Waals surface area contributed by atoms with Crippen molar-refractivity contribution in [2.75, 3.05) is 14.7 Å². The predicted octanol–water partition coefficient (Wildman–Crippen LogP) is 13.8. The molecule has 312 valence electrons. The Morgan fingerprint density at radius 2 is 0.500 bits per heavy atom. The quantitative estimate of drug-likeness (QED) is 0.159. The fourth-order valence-electron chi connectivity index (χ4n) is 9.23. The van der Waals surface area contributed by atoms with Gasteiger partial charge in [-0.25, -0.2) is 0 Å². The molecule has 0 unspecified atom stereocenters. The molecule has 0 bridgehead atoms. The molecule has 0 amide bonds. The SMILES string of the molecule is c1ccc2c(c1)Oc1ccccc1N2c1c(-c2cnccn2)c(N2c3ccccc3Oc3ccccc32)c(-c2cnccn2)c(N2c3ccccc3Oc3ccccc32)c1-c1cnccn1. The molecule has 3 aliphatic rings. The minimum absolute atomic E-state index is 0.579. The Bertz CT molecular complexity index is 2980. The van der Waals surface area contributed by atoms with E-state index >= 15 is 0 Å². The normalized spacial score (nSPS) is 12.8. The van der Waals surface area contributed by atoms with E-state index in [1.54, 1.807) is 55.8 Å². The van der Waals surface area contributed by atoms with Gasteiger partial charge in [0.25, 0.3) is 0 Å². The van der Waals surface area contributed by atoms with E-state index in [2.05, 4.69) is 51.1 Å². The van der Waals surface area contributed by atoms with Crippen molar-refractivity contribution in [1.29, 1.82) is 0 Å². The summed E-state index contributed by atoms with van der Waals surface area (Å²) in [6, 6.07) is 48.4. The van der Waals surface area contributed by atoms with Gasteiger partial charge in [0.2, 0.25) is 0 Å². The molecule has 0 spiro atoms. The number of para-hydroxylation sites is 12. The highest BCUT2D eigenvalue weighted by atomic mass is 16.5. The number of benzene rings is 7. The van der Waals surface area contributed by atoms with E-state index in [0.29, 0.717) is 68.3 Å². The summed E-state index contributed by atoms with van der Waals surface area (Å²) >= 11 is 0. The largest absolute Gasteiger partial charge is 0.453 e. The van der Waals surface area contributed by atoms with Crippen molar-refractivity contribution < 1.29 is 14.2 Å². The number of rotatable bonds is 6. The van der Waals surface area contributed by atoms with Crippen LogP contribution in [0.4, 0.5) is 51.2 Å². The topological polar surface area (TPSA) is 115 Å². The van der Waals surface area contributed by atoms with E-state index in [9.17, 15) is 0 Å². The first-order valence-corrected chi connectivity index (χ1v) is 21.3. The van der Waals surface area contributed by atoms with Crippen molar-refractivity contribution in [2.45, 2.75) is 0 Å². The Kier molecular flexibility index (Phi) is 8.52. The third kappa shape index (κ3) is 5.78. The summed E-state index contributed by atoms with van der Waals surface area (Å²) in [5.41, 5.74) is 10.8. The highest BCUT2D eigenvalue weighted by Crippen LogP contribution is 2.66. The van der Waals surface area contributed by atoms with Crippen molar-refractivity contribution in [3.63, 3.8) is 0 Å². The van der Waals surface area contributed by atoms with Gasteiger partial charge in [0.15, 0.2) is 34.5 Å². The van der Waals surface area contributed by atoms with Gasteiger partial charge in [0.1, 0.15) is 0 Å². The maximum atomic E-state index is 6.72. The first-order chi connectivity index (χ1) is 32.8. The van der Waals surface area contributed by atoms with Crippen LogP contribution in [0.1, 0.15) is 0 Å². The van der Waals surface area contributed by atoms with Gasteiger partial charge in [0, 0.05) is 37.2 Å². The molecule has 0 radical (unpaired) electrons. The zero-order chi connectivity index (χ0) is 43.6. The number of nitrogens with zero attached hydrogens (tertiary/aromatic N) is 9. The molecule has 13 rings (SSSR count). The maximum Gasteiger partial charge on any atom is 0.151 e. The van der Waals surface area contributed by atoms with Crippen LogP contribution in [0, 0.1) is 0 Å². The average Bonchev–Trinajstić information content (AvgIpc) is 3.39. The van der Waals surface area contributed by atoms with Crippen LogP contribution in [0.3, 0.4) is 0 Å². The minimum Gasteiger partial charge on any atom is -0.453 e. The second kappa shape index (κ2) is 15.1. The lowest BCUT2D eigenvalue weighted by Crippen LogP contribution is -2.25. The molecule has 12 nitrogen and oxygen atoms in total. The first kappa shape index (κ1) is 37.2. The number of fused-ring (bicyclic) bond motifs is 6. The molecule has 12 heteroatoms. The summed E-state index contributed by atoms with van der Waals surface area (Å²) in [5, 5.41) is 0. The van der Waals surface area contributed by atoms with Crippen molar-refractivity contribution in [3.05, 3.63) is 201 Å². The van der Waals surface area contributed by atoms with Crippen LogP contribution in [0.15, 0.2) is 201 Å². The Morgan fingerprint density at radius 3 is 0.712 bits per heavy atom. The number of aromatic nitrogens is 6. The summed E-state index contributed by atoms with van der Waals surface area (Å²) in [6.45, 7) is 0. The molecule has 0 aliphatic carbocycles. The van der Waals surface area contributed by atoms with Gasteiger partial charge in [0.05, 0.1) is 104 Å². The van der Waals surface area contributed by atoms with Gasteiger partial charge in [-0.1, -0.05) is 72.8 Å². The molecular weight excluding hydrogens is 823 g/mol. The Labute approximate surface area is 378 Å². The third-order valence-electron chi connectivity index (χ3n) is 11.8. The van der Waals surface area contributed by atoms with Crippen LogP contribution in [0.2, 0.25) is 0 Å².